The third-order valence-electron chi connectivity index (χ3n) is 4.00. The van der Waals surface area contributed by atoms with Gasteiger partial charge >= 0.3 is 0 Å². The molecular weight excluding hydrogens is 288 g/mol. The minimum atomic E-state index is 0.170. The highest BCUT2D eigenvalue weighted by atomic mass is 35.5. The fourth-order valence-corrected chi connectivity index (χ4v) is 2.89. The number of carbonyl (C=O) groups excluding carboxylic acids is 1. The van der Waals surface area contributed by atoms with Gasteiger partial charge in [-0.15, -0.1) is 0 Å². The van der Waals surface area contributed by atoms with Gasteiger partial charge < -0.3 is 15.0 Å². The monoisotopic (exact) mass is 310 g/mol. The minimum Gasteiger partial charge on any atom is -0.496 e. The van der Waals surface area contributed by atoms with Crippen molar-refractivity contribution in [1.29, 1.82) is 0 Å². The fraction of sp³-hybridized carbons (Fsp3) is 0.562. The van der Waals surface area contributed by atoms with Crippen LogP contribution >= 0.6 is 11.6 Å². The zero-order valence-corrected chi connectivity index (χ0v) is 13.4. The van der Waals surface area contributed by atoms with E-state index in [-0.39, 0.29) is 5.91 Å². The Kier molecular flexibility index (Phi) is 5.88. The quantitative estimate of drug-likeness (QED) is 0.878. The van der Waals surface area contributed by atoms with Crippen LogP contribution in [0.2, 0.25) is 5.02 Å². The van der Waals surface area contributed by atoms with Crippen molar-refractivity contribution in [1.82, 2.24) is 10.2 Å². The van der Waals surface area contributed by atoms with Crippen LogP contribution < -0.4 is 10.1 Å². The van der Waals surface area contributed by atoms with E-state index >= 15 is 0 Å². The Morgan fingerprint density at radius 1 is 1.52 bits per heavy atom. The van der Waals surface area contributed by atoms with Gasteiger partial charge in [0.2, 0.25) is 5.91 Å². The highest BCUT2D eigenvalue weighted by Gasteiger charge is 2.18. The Bertz CT molecular complexity index is 487. The highest BCUT2D eigenvalue weighted by Crippen LogP contribution is 2.24. The average molecular weight is 311 g/mol. The number of benzene rings is 1. The van der Waals surface area contributed by atoms with E-state index in [4.69, 9.17) is 16.3 Å². The summed E-state index contributed by atoms with van der Waals surface area (Å²) < 4.78 is 5.32. The van der Waals surface area contributed by atoms with Crippen LogP contribution in [0.1, 0.15) is 24.8 Å². The number of nitrogens with one attached hydrogen (secondary N) is 1. The van der Waals surface area contributed by atoms with E-state index in [1.165, 1.54) is 6.42 Å². The molecule has 0 radical (unpaired) electrons. The lowest BCUT2D eigenvalue weighted by molar-refractivity contribution is -0.130. The van der Waals surface area contributed by atoms with Crippen molar-refractivity contribution >= 4 is 17.5 Å². The van der Waals surface area contributed by atoms with Crippen molar-refractivity contribution in [2.75, 3.05) is 27.2 Å². The molecule has 0 aromatic heterocycles. The second-order valence-corrected chi connectivity index (χ2v) is 6.04. The summed E-state index contributed by atoms with van der Waals surface area (Å²) in [6, 6.07) is 5.48. The fourth-order valence-electron chi connectivity index (χ4n) is 2.69. The van der Waals surface area contributed by atoms with Gasteiger partial charge in [0.05, 0.1) is 7.11 Å². The Morgan fingerprint density at radius 3 is 3.00 bits per heavy atom. The van der Waals surface area contributed by atoms with Crippen molar-refractivity contribution in [3.8, 4) is 5.75 Å². The molecule has 21 heavy (non-hydrogen) atoms. The van der Waals surface area contributed by atoms with Gasteiger partial charge in [0, 0.05) is 30.6 Å². The standard InChI is InChI=1S/C16H23ClN2O2/c1-19(16(20)6-3-12-7-8-18-10-12)11-13-9-14(17)4-5-15(13)21-2/h4-5,9,12,18H,3,6-8,10-11H2,1-2H3. The molecule has 0 spiro atoms. The molecule has 1 aromatic carbocycles. The normalized spacial score (nSPS) is 17.8. The molecule has 1 fully saturated rings. The van der Waals surface area contributed by atoms with Crippen molar-refractivity contribution in [3.05, 3.63) is 28.8 Å². The maximum Gasteiger partial charge on any atom is 0.222 e. The van der Waals surface area contributed by atoms with Gasteiger partial charge in [-0.05, 0) is 50.0 Å². The van der Waals surface area contributed by atoms with E-state index < -0.39 is 0 Å². The molecular formula is C16H23ClN2O2. The Balaban J connectivity index is 1.89. The third-order valence-corrected chi connectivity index (χ3v) is 4.24. The largest absolute Gasteiger partial charge is 0.496 e. The van der Waals surface area contributed by atoms with Gasteiger partial charge in [-0.2, -0.15) is 0 Å². The molecule has 0 saturated carbocycles. The van der Waals surface area contributed by atoms with Crippen LogP contribution in [-0.2, 0) is 11.3 Å². The van der Waals surface area contributed by atoms with Gasteiger partial charge in [0.15, 0.2) is 0 Å². The van der Waals surface area contributed by atoms with Crippen LogP contribution in [0.5, 0.6) is 5.75 Å². The van der Waals surface area contributed by atoms with Crippen LogP contribution in [-0.4, -0.2) is 38.1 Å². The van der Waals surface area contributed by atoms with Crippen LogP contribution in [0.15, 0.2) is 18.2 Å². The van der Waals surface area contributed by atoms with E-state index in [1.807, 2.05) is 19.2 Å². The number of methoxy groups -OCH3 is 1. The second-order valence-electron chi connectivity index (χ2n) is 5.60. The summed E-state index contributed by atoms with van der Waals surface area (Å²) in [5.74, 6) is 1.58. The zero-order chi connectivity index (χ0) is 15.2. The van der Waals surface area contributed by atoms with Gasteiger partial charge in [-0.1, -0.05) is 11.6 Å². The summed E-state index contributed by atoms with van der Waals surface area (Å²) in [5, 5.41) is 3.99. The zero-order valence-electron chi connectivity index (χ0n) is 12.7. The summed E-state index contributed by atoms with van der Waals surface area (Å²) in [4.78, 5) is 14.0. The van der Waals surface area contributed by atoms with Crippen LogP contribution in [0.4, 0.5) is 0 Å². The minimum absolute atomic E-state index is 0.170. The van der Waals surface area contributed by atoms with E-state index in [2.05, 4.69) is 5.32 Å². The Morgan fingerprint density at radius 2 is 2.33 bits per heavy atom. The highest BCUT2D eigenvalue weighted by molar-refractivity contribution is 6.30. The number of rotatable bonds is 6. The van der Waals surface area contributed by atoms with E-state index in [0.717, 1.165) is 30.8 Å². The van der Waals surface area contributed by atoms with Gasteiger partial charge in [0.25, 0.3) is 0 Å². The van der Waals surface area contributed by atoms with Gasteiger partial charge in [-0.25, -0.2) is 0 Å². The number of amides is 1. The predicted octanol–water partition coefficient (Wildman–Crippen LogP) is 2.70. The molecule has 2 rings (SSSR count). The van der Waals surface area contributed by atoms with E-state index in [1.54, 1.807) is 18.1 Å². The summed E-state index contributed by atoms with van der Waals surface area (Å²) in [5.41, 5.74) is 0.934. The maximum atomic E-state index is 12.2. The Labute approximate surface area is 131 Å². The predicted molar refractivity (Wildman–Crippen MR) is 84.7 cm³/mol. The van der Waals surface area contributed by atoms with Crippen molar-refractivity contribution < 1.29 is 9.53 Å². The smallest absolute Gasteiger partial charge is 0.222 e. The molecule has 1 atom stereocenters. The molecule has 1 aliphatic heterocycles. The first-order valence-electron chi connectivity index (χ1n) is 7.37. The number of nitrogens with zero attached hydrogens (tertiary/aromatic N) is 1. The summed E-state index contributed by atoms with van der Waals surface area (Å²) in [6.45, 7) is 2.64. The van der Waals surface area contributed by atoms with Crippen LogP contribution in [0.3, 0.4) is 0 Å². The van der Waals surface area contributed by atoms with Crippen LogP contribution in [0.25, 0.3) is 0 Å². The number of ether oxygens (including phenoxy) is 1. The lowest BCUT2D eigenvalue weighted by Crippen LogP contribution is -2.26. The molecule has 1 N–H and O–H groups in total. The number of halogens is 1. The van der Waals surface area contributed by atoms with E-state index in [9.17, 15) is 4.79 Å². The molecule has 1 unspecified atom stereocenters. The molecule has 0 aliphatic carbocycles. The van der Waals surface area contributed by atoms with E-state index in [0.29, 0.717) is 23.9 Å². The molecule has 1 aromatic rings. The SMILES string of the molecule is COc1ccc(Cl)cc1CN(C)C(=O)CCC1CCNC1. The lowest BCUT2D eigenvalue weighted by atomic mass is 10.0. The molecule has 1 aliphatic rings. The molecule has 4 nitrogen and oxygen atoms in total. The van der Waals surface area contributed by atoms with Crippen molar-refractivity contribution in [2.45, 2.75) is 25.8 Å². The third kappa shape index (κ3) is 4.61. The average Bonchev–Trinajstić information content (AvgIpc) is 2.98. The Hall–Kier alpha value is -1.26. The first-order valence-corrected chi connectivity index (χ1v) is 7.75. The molecule has 1 heterocycles. The second kappa shape index (κ2) is 7.66. The molecule has 0 bridgehead atoms. The number of carbonyl (C=O) groups is 1. The summed E-state index contributed by atoms with van der Waals surface area (Å²) in [7, 11) is 3.46. The lowest BCUT2D eigenvalue weighted by Gasteiger charge is -2.20. The maximum absolute atomic E-state index is 12.2. The summed E-state index contributed by atoms with van der Waals surface area (Å²) >= 11 is 6.02. The molecule has 5 heteroatoms. The number of hydrogen-bond acceptors (Lipinski definition) is 3. The molecule has 1 amide bonds. The summed E-state index contributed by atoms with van der Waals surface area (Å²) in [6.07, 6.45) is 2.74. The van der Waals surface area contributed by atoms with Crippen molar-refractivity contribution in [3.63, 3.8) is 0 Å². The van der Waals surface area contributed by atoms with Gasteiger partial charge in [-0.3, -0.25) is 4.79 Å². The topological polar surface area (TPSA) is 41.6 Å². The molecule has 116 valence electrons. The van der Waals surface area contributed by atoms with Gasteiger partial charge in [0.1, 0.15) is 5.75 Å². The molecule has 1 saturated heterocycles. The van der Waals surface area contributed by atoms with Crippen LogP contribution in [0, 0.1) is 5.92 Å². The first kappa shape index (κ1) is 16.1. The first-order chi connectivity index (χ1) is 10.1. The number of hydrogen-bond donors (Lipinski definition) is 1. The van der Waals surface area contributed by atoms with Crippen molar-refractivity contribution in [2.24, 2.45) is 5.92 Å².